The molecule has 1 amide bonds. The minimum Gasteiger partial charge on any atom is -0.442 e. The van der Waals surface area contributed by atoms with Gasteiger partial charge in [0.25, 0.3) is 5.56 Å². The maximum absolute atomic E-state index is 11.4. The van der Waals surface area contributed by atoms with Crippen LogP contribution in [-0.4, -0.2) is 23.3 Å². The highest BCUT2D eigenvalue weighted by Crippen LogP contribution is 2.07. The van der Waals surface area contributed by atoms with Crippen LogP contribution in [0.4, 0.5) is 4.79 Å². The fourth-order valence-corrected chi connectivity index (χ4v) is 1.78. The first-order chi connectivity index (χ1) is 7.15. The number of aromatic nitrogens is 1. The largest absolute Gasteiger partial charge is 0.442 e. The van der Waals surface area contributed by atoms with E-state index in [1.54, 1.807) is 12.3 Å². The average Bonchev–Trinajstić information content (AvgIpc) is 2.58. The molecule has 0 aromatic carbocycles. The van der Waals surface area contributed by atoms with E-state index in [0.29, 0.717) is 13.1 Å². The monoisotopic (exact) mass is 272 g/mol. The number of alkyl carbamates (subject to hydrolysis) is 1. The summed E-state index contributed by atoms with van der Waals surface area (Å²) in [5.74, 6) is 0. The smallest absolute Gasteiger partial charge is 0.407 e. The summed E-state index contributed by atoms with van der Waals surface area (Å²) in [4.78, 5) is 22.2. The number of ether oxygens (including phenoxy) is 1. The summed E-state index contributed by atoms with van der Waals surface area (Å²) in [7, 11) is 0. The van der Waals surface area contributed by atoms with Crippen molar-refractivity contribution in [3.63, 3.8) is 0 Å². The van der Waals surface area contributed by atoms with E-state index in [0.717, 1.165) is 4.47 Å². The standard InChI is InChI=1S/C9H9BrN2O3/c10-6-1-2-8(13)12(4-6)5-7-3-11-9(14)15-7/h1-2,4,7H,3,5H2,(H,11,14). The summed E-state index contributed by atoms with van der Waals surface area (Å²) < 4.78 is 7.26. The van der Waals surface area contributed by atoms with Crippen molar-refractivity contribution in [1.29, 1.82) is 0 Å². The number of halogens is 1. The molecule has 1 N–H and O–H groups in total. The lowest BCUT2D eigenvalue weighted by Crippen LogP contribution is -2.27. The summed E-state index contributed by atoms with van der Waals surface area (Å²) in [5.41, 5.74) is -0.110. The van der Waals surface area contributed by atoms with Gasteiger partial charge in [0.2, 0.25) is 0 Å². The topological polar surface area (TPSA) is 60.3 Å². The Balaban J connectivity index is 2.13. The number of amides is 1. The van der Waals surface area contributed by atoms with Crippen LogP contribution in [0.1, 0.15) is 0 Å². The van der Waals surface area contributed by atoms with Crippen molar-refractivity contribution in [1.82, 2.24) is 9.88 Å². The van der Waals surface area contributed by atoms with Crippen LogP contribution >= 0.6 is 15.9 Å². The van der Waals surface area contributed by atoms with Crippen molar-refractivity contribution in [2.45, 2.75) is 12.6 Å². The minimum absolute atomic E-state index is 0.110. The van der Waals surface area contributed by atoms with Gasteiger partial charge < -0.3 is 14.6 Å². The lowest BCUT2D eigenvalue weighted by atomic mass is 10.3. The first-order valence-electron chi connectivity index (χ1n) is 4.45. The molecule has 0 aliphatic carbocycles. The van der Waals surface area contributed by atoms with Crippen molar-refractivity contribution in [3.05, 3.63) is 33.2 Å². The molecule has 1 aromatic heterocycles. The molecule has 0 saturated carbocycles. The van der Waals surface area contributed by atoms with Crippen LogP contribution in [0.5, 0.6) is 0 Å². The van der Waals surface area contributed by atoms with Crippen LogP contribution in [0.15, 0.2) is 27.6 Å². The molecule has 1 fully saturated rings. The number of cyclic esters (lactones) is 1. The van der Waals surface area contributed by atoms with E-state index in [1.807, 2.05) is 0 Å². The Morgan fingerprint density at radius 3 is 3.00 bits per heavy atom. The van der Waals surface area contributed by atoms with E-state index in [4.69, 9.17) is 4.74 Å². The number of rotatable bonds is 2. The predicted molar refractivity (Wildman–Crippen MR) is 56.7 cm³/mol. The molecule has 1 atom stereocenters. The molecule has 80 valence electrons. The Labute approximate surface area is 94.2 Å². The lowest BCUT2D eigenvalue weighted by Gasteiger charge is -2.10. The Morgan fingerprint density at radius 1 is 1.53 bits per heavy atom. The molecule has 1 aliphatic heterocycles. The fourth-order valence-electron chi connectivity index (χ4n) is 1.40. The number of carbonyl (C=O) groups excluding carboxylic acids is 1. The van der Waals surface area contributed by atoms with Crippen LogP contribution < -0.4 is 10.9 Å². The van der Waals surface area contributed by atoms with Gasteiger partial charge in [0.05, 0.1) is 13.1 Å². The highest BCUT2D eigenvalue weighted by Gasteiger charge is 2.22. The third kappa shape index (κ3) is 2.38. The Kier molecular flexibility index (Phi) is 2.77. The summed E-state index contributed by atoms with van der Waals surface area (Å²) in [6, 6.07) is 3.14. The molecule has 2 rings (SSSR count). The van der Waals surface area contributed by atoms with Crippen LogP contribution in [0.25, 0.3) is 0 Å². The normalized spacial score (nSPS) is 19.8. The highest BCUT2D eigenvalue weighted by molar-refractivity contribution is 9.10. The number of hydrogen-bond donors (Lipinski definition) is 1. The van der Waals surface area contributed by atoms with Gasteiger partial charge in [-0.05, 0) is 22.0 Å². The summed E-state index contributed by atoms with van der Waals surface area (Å²) in [6.07, 6.45) is 0.974. The fraction of sp³-hybridized carbons (Fsp3) is 0.333. The molecule has 0 spiro atoms. The maximum Gasteiger partial charge on any atom is 0.407 e. The number of pyridine rings is 1. The van der Waals surface area contributed by atoms with Crippen molar-refractivity contribution in [2.75, 3.05) is 6.54 Å². The first kappa shape index (κ1) is 10.2. The van der Waals surface area contributed by atoms with E-state index in [-0.39, 0.29) is 11.7 Å². The second-order valence-electron chi connectivity index (χ2n) is 3.25. The Bertz CT molecular complexity index is 443. The summed E-state index contributed by atoms with van der Waals surface area (Å²) >= 11 is 3.27. The van der Waals surface area contributed by atoms with Crippen molar-refractivity contribution >= 4 is 22.0 Å². The molecule has 1 unspecified atom stereocenters. The van der Waals surface area contributed by atoms with Crippen molar-refractivity contribution < 1.29 is 9.53 Å². The van der Waals surface area contributed by atoms with E-state index < -0.39 is 6.09 Å². The molecule has 0 radical (unpaired) electrons. The maximum atomic E-state index is 11.4. The van der Waals surface area contributed by atoms with Gasteiger partial charge in [-0.1, -0.05) is 0 Å². The van der Waals surface area contributed by atoms with Gasteiger partial charge in [-0.15, -0.1) is 0 Å². The molecular weight excluding hydrogens is 264 g/mol. The van der Waals surface area contributed by atoms with E-state index in [2.05, 4.69) is 21.2 Å². The Hall–Kier alpha value is -1.30. The molecular formula is C9H9BrN2O3. The van der Waals surface area contributed by atoms with Gasteiger partial charge in [-0.3, -0.25) is 4.79 Å². The molecule has 6 heteroatoms. The third-order valence-corrected chi connectivity index (χ3v) is 2.56. The summed E-state index contributed by atoms with van der Waals surface area (Å²) in [6.45, 7) is 0.814. The van der Waals surface area contributed by atoms with Gasteiger partial charge in [0.15, 0.2) is 0 Å². The number of carbonyl (C=O) groups is 1. The second kappa shape index (κ2) is 4.06. The lowest BCUT2D eigenvalue weighted by molar-refractivity contribution is 0.130. The predicted octanol–water partition coefficient (Wildman–Crippen LogP) is 0.719. The number of nitrogens with one attached hydrogen (secondary N) is 1. The van der Waals surface area contributed by atoms with Gasteiger partial charge in [-0.2, -0.15) is 0 Å². The zero-order valence-corrected chi connectivity index (χ0v) is 9.36. The zero-order chi connectivity index (χ0) is 10.8. The van der Waals surface area contributed by atoms with Crippen molar-refractivity contribution in [2.24, 2.45) is 0 Å². The molecule has 15 heavy (non-hydrogen) atoms. The van der Waals surface area contributed by atoms with Gasteiger partial charge in [0.1, 0.15) is 6.10 Å². The third-order valence-electron chi connectivity index (χ3n) is 2.10. The quantitative estimate of drug-likeness (QED) is 0.863. The SMILES string of the molecule is O=C1NCC(Cn2cc(Br)ccc2=O)O1. The molecule has 1 aliphatic rings. The average molecular weight is 273 g/mol. The van der Waals surface area contributed by atoms with E-state index in [1.165, 1.54) is 10.6 Å². The molecule has 2 heterocycles. The van der Waals surface area contributed by atoms with Gasteiger partial charge in [-0.25, -0.2) is 4.79 Å². The van der Waals surface area contributed by atoms with Crippen LogP contribution in [0.2, 0.25) is 0 Å². The number of hydrogen-bond acceptors (Lipinski definition) is 3. The molecule has 1 aromatic rings. The molecule has 0 bridgehead atoms. The summed E-state index contributed by atoms with van der Waals surface area (Å²) in [5, 5.41) is 2.54. The first-order valence-corrected chi connectivity index (χ1v) is 5.25. The van der Waals surface area contributed by atoms with E-state index in [9.17, 15) is 9.59 Å². The minimum atomic E-state index is -0.428. The highest BCUT2D eigenvalue weighted by atomic mass is 79.9. The van der Waals surface area contributed by atoms with Gasteiger partial charge in [0, 0.05) is 16.7 Å². The Morgan fingerprint density at radius 2 is 2.33 bits per heavy atom. The van der Waals surface area contributed by atoms with Crippen LogP contribution in [-0.2, 0) is 11.3 Å². The molecule has 5 nitrogen and oxygen atoms in total. The number of nitrogens with zero attached hydrogens (tertiary/aromatic N) is 1. The van der Waals surface area contributed by atoms with Gasteiger partial charge >= 0.3 is 6.09 Å². The van der Waals surface area contributed by atoms with Crippen LogP contribution in [0, 0.1) is 0 Å². The zero-order valence-electron chi connectivity index (χ0n) is 7.77. The van der Waals surface area contributed by atoms with E-state index >= 15 is 0 Å². The molecule has 1 saturated heterocycles. The van der Waals surface area contributed by atoms with Crippen molar-refractivity contribution in [3.8, 4) is 0 Å². The second-order valence-corrected chi connectivity index (χ2v) is 4.16. The van der Waals surface area contributed by atoms with Crippen LogP contribution in [0.3, 0.4) is 0 Å².